The first-order valence-electron chi connectivity index (χ1n) is 6.13. The highest BCUT2D eigenvalue weighted by molar-refractivity contribution is 7.86. The molecule has 1 fully saturated rings. The van der Waals surface area contributed by atoms with Crippen molar-refractivity contribution in [3.63, 3.8) is 0 Å². The monoisotopic (exact) mass is 294 g/mol. The van der Waals surface area contributed by atoms with Gasteiger partial charge in [0.15, 0.2) is 0 Å². The van der Waals surface area contributed by atoms with Gasteiger partial charge in [0.1, 0.15) is 0 Å². The van der Waals surface area contributed by atoms with Gasteiger partial charge in [-0.15, -0.1) is 0 Å². The molecule has 1 saturated heterocycles. The van der Waals surface area contributed by atoms with Crippen LogP contribution in [0.3, 0.4) is 0 Å². The van der Waals surface area contributed by atoms with E-state index in [0.717, 1.165) is 0 Å². The molecule has 0 unspecified atom stereocenters. The molecule has 0 aliphatic carbocycles. The zero-order valence-electron chi connectivity index (χ0n) is 11.2. The smallest absolute Gasteiger partial charge is 0.282 e. The number of hydrogen-bond donors (Lipinski definition) is 2. The highest BCUT2D eigenvalue weighted by Gasteiger charge is 2.30. The molecule has 0 aromatic carbocycles. The molecule has 1 rings (SSSR count). The maximum Gasteiger partial charge on any atom is 0.282 e. The van der Waals surface area contributed by atoms with Gasteiger partial charge in [-0.2, -0.15) is 17.0 Å². The summed E-state index contributed by atoms with van der Waals surface area (Å²) in [4.78, 5) is 0. The maximum atomic E-state index is 12.4. The molecule has 0 bridgehead atoms. The Morgan fingerprint density at radius 3 is 2.58 bits per heavy atom. The number of methoxy groups -OCH3 is 1. The number of morpholine rings is 1. The summed E-state index contributed by atoms with van der Waals surface area (Å²) in [5.74, 6) is -0.0282. The summed E-state index contributed by atoms with van der Waals surface area (Å²) in [6, 6.07) is 0. The molecule has 3 N–H and O–H groups in total. The van der Waals surface area contributed by atoms with Gasteiger partial charge in [0, 0.05) is 39.7 Å². The first kappa shape index (κ1) is 16.3. The predicted octanol–water partition coefficient (Wildman–Crippen LogP) is -1.16. The van der Waals surface area contributed by atoms with Crippen molar-refractivity contribution in [2.24, 2.45) is 5.73 Å². The molecule has 1 aliphatic rings. The molecule has 0 saturated carbocycles. The number of ether oxygens (including phenoxy) is 2. The lowest BCUT2D eigenvalue weighted by Crippen LogP contribution is -2.50. The average molecular weight is 294 g/mol. The van der Waals surface area contributed by atoms with Crippen LogP contribution in [0, 0.1) is 5.41 Å². The molecule has 19 heavy (non-hydrogen) atoms. The van der Waals surface area contributed by atoms with Crippen molar-refractivity contribution in [1.82, 2.24) is 8.61 Å². The van der Waals surface area contributed by atoms with Crippen LogP contribution in [0.25, 0.3) is 0 Å². The van der Waals surface area contributed by atoms with Crippen molar-refractivity contribution in [2.75, 3.05) is 53.1 Å². The van der Waals surface area contributed by atoms with E-state index >= 15 is 0 Å². The summed E-state index contributed by atoms with van der Waals surface area (Å²) in [6.07, 6.45) is 0.216. The van der Waals surface area contributed by atoms with Crippen LogP contribution in [0.2, 0.25) is 0 Å². The Labute approximate surface area is 114 Å². The zero-order chi connectivity index (χ0) is 14.3. The topological polar surface area (TPSA) is 109 Å². The zero-order valence-corrected chi connectivity index (χ0v) is 12.0. The third-order valence-electron chi connectivity index (χ3n) is 2.80. The highest BCUT2D eigenvalue weighted by atomic mass is 32.2. The minimum atomic E-state index is -3.54. The molecule has 1 heterocycles. The van der Waals surface area contributed by atoms with E-state index in [0.29, 0.717) is 32.9 Å². The molecule has 112 valence electrons. The predicted molar refractivity (Wildman–Crippen MR) is 71.3 cm³/mol. The first-order valence-corrected chi connectivity index (χ1v) is 7.53. The second-order valence-electron chi connectivity index (χ2n) is 4.19. The van der Waals surface area contributed by atoms with Crippen molar-refractivity contribution in [3.05, 3.63) is 0 Å². The fourth-order valence-electron chi connectivity index (χ4n) is 1.72. The van der Waals surface area contributed by atoms with Gasteiger partial charge in [0.2, 0.25) is 0 Å². The van der Waals surface area contributed by atoms with Crippen molar-refractivity contribution >= 4 is 16.0 Å². The molecule has 9 heteroatoms. The van der Waals surface area contributed by atoms with Crippen LogP contribution in [0.5, 0.6) is 0 Å². The van der Waals surface area contributed by atoms with E-state index in [1.807, 2.05) is 0 Å². The Bertz CT molecular complexity index is 381. The van der Waals surface area contributed by atoms with Crippen LogP contribution in [0.4, 0.5) is 0 Å². The van der Waals surface area contributed by atoms with Crippen molar-refractivity contribution < 1.29 is 17.9 Å². The number of nitrogens with two attached hydrogens (primary N) is 1. The Kier molecular flexibility index (Phi) is 6.66. The van der Waals surface area contributed by atoms with Gasteiger partial charge in [-0.1, -0.05) is 0 Å². The first-order chi connectivity index (χ1) is 8.98. The SMILES string of the molecule is COCCN(CCC(=N)N)S(=O)(=O)N1CCOCC1. The molecule has 8 nitrogen and oxygen atoms in total. The second kappa shape index (κ2) is 7.75. The fourth-order valence-corrected chi connectivity index (χ4v) is 3.29. The summed E-state index contributed by atoms with van der Waals surface area (Å²) in [7, 11) is -2.02. The molecular weight excluding hydrogens is 272 g/mol. The van der Waals surface area contributed by atoms with Gasteiger partial charge in [0.25, 0.3) is 10.2 Å². The highest BCUT2D eigenvalue weighted by Crippen LogP contribution is 2.11. The van der Waals surface area contributed by atoms with E-state index in [1.54, 1.807) is 0 Å². The van der Waals surface area contributed by atoms with Crippen LogP contribution >= 0.6 is 0 Å². The molecule has 0 spiro atoms. The average Bonchev–Trinajstić information content (AvgIpc) is 2.39. The summed E-state index contributed by atoms with van der Waals surface area (Å²) >= 11 is 0. The van der Waals surface area contributed by atoms with Gasteiger partial charge in [-0.3, -0.25) is 5.41 Å². The lowest BCUT2D eigenvalue weighted by molar-refractivity contribution is 0.0694. The molecule has 0 amide bonds. The fraction of sp³-hybridized carbons (Fsp3) is 0.900. The quantitative estimate of drug-likeness (QED) is 0.433. The number of amidine groups is 1. The summed E-state index contributed by atoms with van der Waals surface area (Å²) in [5.41, 5.74) is 5.29. The Morgan fingerprint density at radius 2 is 2.05 bits per heavy atom. The molecule has 0 radical (unpaired) electrons. The van der Waals surface area contributed by atoms with Crippen LogP contribution in [-0.2, 0) is 19.7 Å². The van der Waals surface area contributed by atoms with Crippen LogP contribution in [0.15, 0.2) is 0 Å². The Balaban J connectivity index is 2.71. The lowest BCUT2D eigenvalue weighted by Gasteiger charge is -2.31. The van der Waals surface area contributed by atoms with Crippen LogP contribution in [-0.4, -0.2) is 76.0 Å². The van der Waals surface area contributed by atoms with Crippen LogP contribution in [0.1, 0.15) is 6.42 Å². The normalized spacial score (nSPS) is 17.8. The van der Waals surface area contributed by atoms with Gasteiger partial charge in [-0.05, 0) is 0 Å². The van der Waals surface area contributed by atoms with Crippen molar-refractivity contribution in [3.8, 4) is 0 Å². The van der Waals surface area contributed by atoms with Gasteiger partial charge < -0.3 is 15.2 Å². The minimum Gasteiger partial charge on any atom is -0.388 e. The van der Waals surface area contributed by atoms with Crippen molar-refractivity contribution in [1.29, 1.82) is 5.41 Å². The number of rotatable bonds is 8. The lowest BCUT2D eigenvalue weighted by atomic mass is 10.4. The van der Waals surface area contributed by atoms with E-state index in [-0.39, 0.29) is 25.3 Å². The summed E-state index contributed by atoms with van der Waals surface area (Å²) < 4.78 is 37.6. The Hall–Kier alpha value is -0.740. The Morgan fingerprint density at radius 1 is 1.42 bits per heavy atom. The number of hydrogen-bond acceptors (Lipinski definition) is 5. The van der Waals surface area contributed by atoms with Crippen molar-refractivity contribution in [2.45, 2.75) is 6.42 Å². The minimum absolute atomic E-state index is 0.0282. The van der Waals surface area contributed by atoms with Gasteiger partial charge in [0.05, 0.1) is 25.7 Å². The standard InChI is InChI=1S/C10H22N4O4S/c1-17-7-4-13(3-2-10(11)12)19(15,16)14-5-8-18-9-6-14/h2-9H2,1H3,(H3,11,12). The van der Waals surface area contributed by atoms with E-state index in [2.05, 4.69) is 0 Å². The molecular formula is C10H22N4O4S. The molecule has 0 atom stereocenters. The largest absolute Gasteiger partial charge is 0.388 e. The van der Waals surface area contributed by atoms with E-state index in [4.69, 9.17) is 20.6 Å². The third kappa shape index (κ3) is 5.03. The van der Waals surface area contributed by atoms with Crippen LogP contribution < -0.4 is 5.73 Å². The third-order valence-corrected chi connectivity index (χ3v) is 4.83. The maximum absolute atomic E-state index is 12.4. The van der Waals surface area contributed by atoms with Gasteiger partial charge >= 0.3 is 0 Å². The van der Waals surface area contributed by atoms with Gasteiger partial charge in [-0.25, -0.2) is 0 Å². The van der Waals surface area contributed by atoms with E-state index in [9.17, 15) is 8.42 Å². The number of nitrogens with zero attached hydrogens (tertiary/aromatic N) is 2. The summed E-state index contributed by atoms with van der Waals surface area (Å²) in [5, 5.41) is 7.21. The summed E-state index contributed by atoms with van der Waals surface area (Å²) in [6.45, 7) is 2.27. The molecule has 0 aromatic heterocycles. The second-order valence-corrected chi connectivity index (χ2v) is 6.11. The molecule has 1 aliphatic heterocycles. The number of nitrogens with one attached hydrogen (secondary N) is 1. The van der Waals surface area contributed by atoms with E-state index < -0.39 is 10.2 Å². The van der Waals surface area contributed by atoms with E-state index in [1.165, 1.54) is 15.7 Å². The molecule has 0 aromatic rings.